The standard InChI is InChI=1S/C12H17F3N4/c13-12(14,15)10-5-6-11(19-18-10)17-9-4-2-1-3-8(9)7-16/h5-6,8-9H,1-4,7,16H2,(H,17,19). The van der Waals surface area contributed by atoms with Crippen molar-refractivity contribution >= 4 is 5.82 Å². The predicted molar refractivity (Wildman–Crippen MR) is 65.5 cm³/mol. The second-order valence-corrected chi connectivity index (χ2v) is 4.83. The lowest BCUT2D eigenvalue weighted by Gasteiger charge is -2.31. The van der Waals surface area contributed by atoms with Crippen molar-refractivity contribution in [2.75, 3.05) is 11.9 Å². The van der Waals surface area contributed by atoms with Gasteiger partial charge in [-0.05, 0) is 37.4 Å². The summed E-state index contributed by atoms with van der Waals surface area (Å²) in [6.45, 7) is 0.575. The van der Waals surface area contributed by atoms with E-state index in [0.717, 1.165) is 31.7 Å². The normalized spacial score (nSPS) is 24.2. The molecule has 1 saturated carbocycles. The number of halogens is 3. The number of nitrogens with two attached hydrogens (primary N) is 1. The van der Waals surface area contributed by atoms with E-state index in [-0.39, 0.29) is 6.04 Å². The fourth-order valence-electron chi connectivity index (χ4n) is 2.43. The van der Waals surface area contributed by atoms with E-state index in [1.54, 1.807) is 0 Å². The van der Waals surface area contributed by atoms with Gasteiger partial charge in [0.1, 0.15) is 5.82 Å². The Balaban J connectivity index is 2.02. The summed E-state index contributed by atoms with van der Waals surface area (Å²) in [5, 5.41) is 9.92. The molecule has 19 heavy (non-hydrogen) atoms. The van der Waals surface area contributed by atoms with Gasteiger partial charge < -0.3 is 11.1 Å². The van der Waals surface area contributed by atoms with Gasteiger partial charge in [-0.25, -0.2) is 0 Å². The molecule has 106 valence electrons. The molecule has 1 aromatic heterocycles. The van der Waals surface area contributed by atoms with Crippen LogP contribution in [0.5, 0.6) is 0 Å². The predicted octanol–water partition coefficient (Wildman–Crippen LogP) is 2.42. The largest absolute Gasteiger partial charge is 0.435 e. The molecule has 0 aromatic carbocycles. The summed E-state index contributed by atoms with van der Waals surface area (Å²) in [6.07, 6.45) is -0.191. The van der Waals surface area contributed by atoms with E-state index in [4.69, 9.17) is 5.73 Å². The van der Waals surface area contributed by atoms with Gasteiger partial charge in [0.2, 0.25) is 0 Å². The lowest BCUT2D eigenvalue weighted by Crippen LogP contribution is -2.37. The van der Waals surface area contributed by atoms with Crippen molar-refractivity contribution in [3.63, 3.8) is 0 Å². The van der Waals surface area contributed by atoms with E-state index < -0.39 is 11.9 Å². The quantitative estimate of drug-likeness (QED) is 0.888. The summed E-state index contributed by atoms with van der Waals surface area (Å²) in [7, 11) is 0. The molecule has 7 heteroatoms. The van der Waals surface area contributed by atoms with Gasteiger partial charge in [-0.15, -0.1) is 10.2 Å². The molecule has 4 nitrogen and oxygen atoms in total. The maximum atomic E-state index is 12.4. The molecule has 2 unspecified atom stereocenters. The van der Waals surface area contributed by atoms with Gasteiger partial charge in [0, 0.05) is 6.04 Å². The number of hydrogen-bond acceptors (Lipinski definition) is 4. The van der Waals surface area contributed by atoms with Gasteiger partial charge >= 0.3 is 6.18 Å². The zero-order chi connectivity index (χ0) is 13.9. The van der Waals surface area contributed by atoms with E-state index in [1.807, 2.05) is 0 Å². The smallest absolute Gasteiger partial charge is 0.366 e. The molecule has 3 N–H and O–H groups in total. The highest BCUT2D eigenvalue weighted by Gasteiger charge is 2.33. The summed E-state index contributed by atoms with van der Waals surface area (Å²) < 4.78 is 37.1. The third kappa shape index (κ3) is 3.56. The van der Waals surface area contributed by atoms with Gasteiger partial charge in [-0.2, -0.15) is 13.2 Å². The SMILES string of the molecule is NCC1CCCCC1Nc1ccc(C(F)(F)F)nn1. The molecule has 0 spiro atoms. The van der Waals surface area contributed by atoms with Gasteiger partial charge in [-0.3, -0.25) is 0 Å². The van der Waals surface area contributed by atoms with Crippen LogP contribution in [0.15, 0.2) is 12.1 Å². The first-order valence-corrected chi connectivity index (χ1v) is 6.38. The molecule has 0 amide bonds. The van der Waals surface area contributed by atoms with E-state index in [9.17, 15) is 13.2 Å². The fourth-order valence-corrected chi connectivity index (χ4v) is 2.43. The Bertz CT molecular complexity index is 404. The van der Waals surface area contributed by atoms with E-state index in [2.05, 4.69) is 15.5 Å². The molecule has 1 aliphatic carbocycles. The Hall–Kier alpha value is -1.37. The Labute approximate surface area is 109 Å². The lowest BCUT2D eigenvalue weighted by atomic mass is 9.84. The third-order valence-corrected chi connectivity index (χ3v) is 3.50. The Morgan fingerprint density at radius 1 is 1.21 bits per heavy atom. The van der Waals surface area contributed by atoms with Crippen LogP contribution in [0.2, 0.25) is 0 Å². The van der Waals surface area contributed by atoms with Crippen molar-refractivity contribution in [1.29, 1.82) is 0 Å². The van der Waals surface area contributed by atoms with Crippen molar-refractivity contribution in [1.82, 2.24) is 10.2 Å². The molecule has 0 saturated heterocycles. The summed E-state index contributed by atoms with van der Waals surface area (Å²) in [5.41, 5.74) is 4.73. The van der Waals surface area contributed by atoms with E-state index >= 15 is 0 Å². The minimum absolute atomic E-state index is 0.171. The van der Waals surface area contributed by atoms with Crippen LogP contribution in [0.4, 0.5) is 19.0 Å². The van der Waals surface area contributed by atoms with Crippen LogP contribution in [0.3, 0.4) is 0 Å². The van der Waals surface area contributed by atoms with Crippen molar-refractivity contribution in [3.8, 4) is 0 Å². The minimum Gasteiger partial charge on any atom is -0.366 e. The minimum atomic E-state index is -4.45. The summed E-state index contributed by atoms with van der Waals surface area (Å²) in [5.74, 6) is 0.719. The topological polar surface area (TPSA) is 63.8 Å². The highest BCUT2D eigenvalue weighted by Crippen LogP contribution is 2.28. The number of rotatable bonds is 3. The lowest BCUT2D eigenvalue weighted by molar-refractivity contribution is -0.141. The van der Waals surface area contributed by atoms with Crippen molar-refractivity contribution < 1.29 is 13.2 Å². The average Bonchev–Trinajstić information content (AvgIpc) is 2.39. The van der Waals surface area contributed by atoms with Crippen LogP contribution < -0.4 is 11.1 Å². The molecule has 1 fully saturated rings. The third-order valence-electron chi connectivity index (χ3n) is 3.50. The fraction of sp³-hybridized carbons (Fsp3) is 0.667. The van der Waals surface area contributed by atoms with Crippen LogP contribution in [-0.2, 0) is 6.18 Å². The molecular formula is C12H17F3N4. The molecule has 1 aromatic rings. The number of nitrogens with zero attached hydrogens (tertiary/aromatic N) is 2. The van der Waals surface area contributed by atoms with E-state index in [1.165, 1.54) is 6.07 Å². The molecule has 2 rings (SSSR count). The molecule has 1 heterocycles. The van der Waals surface area contributed by atoms with Gasteiger partial charge in [-0.1, -0.05) is 12.8 Å². The van der Waals surface area contributed by atoms with Crippen molar-refractivity contribution in [2.45, 2.75) is 37.9 Å². The van der Waals surface area contributed by atoms with Crippen LogP contribution in [0.1, 0.15) is 31.4 Å². The first-order valence-electron chi connectivity index (χ1n) is 6.38. The highest BCUT2D eigenvalue weighted by atomic mass is 19.4. The Morgan fingerprint density at radius 2 is 1.95 bits per heavy atom. The first-order chi connectivity index (χ1) is 9.00. The second kappa shape index (κ2) is 5.73. The van der Waals surface area contributed by atoms with Gasteiger partial charge in [0.25, 0.3) is 0 Å². The summed E-state index contributed by atoms with van der Waals surface area (Å²) in [6, 6.07) is 2.43. The molecular weight excluding hydrogens is 257 g/mol. The van der Waals surface area contributed by atoms with Gasteiger partial charge in [0.05, 0.1) is 0 Å². The highest BCUT2D eigenvalue weighted by molar-refractivity contribution is 5.35. The maximum absolute atomic E-state index is 12.4. The van der Waals surface area contributed by atoms with E-state index in [0.29, 0.717) is 18.3 Å². The van der Waals surface area contributed by atoms with Crippen LogP contribution in [-0.4, -0.2) is 22.8 Å². The van der Waals surface area contributed by atoms with Gasteiger partial charge in [0.15, 0.2) is 5.69 Å². The number of nitrogens with one attached hydrogen (secondary N) is 1. The molecule has 1 aliphatic rings. The second-order valence-electron chi connectivity index (χ2n) is 4.83. The molecule has 2 atom stereocenters. The number of aromatic nitrogens is 2. The van der Waals surface area contributed by atoms with Crippen molar-refractivity contribution in [3.05, 3.63) is 17.8 Å². The monoisotopic (exact) mass is 274 g/mol. The zero-order valence-corrected chi connectivity index (χ0v) is 10.5. The van der Waals surface area contributed by atoms with Crippen LogP contribution >= 0.6 is 0 Å². The first kappa shape index (κ1) is 14.0. The molecule has 0 aliphatic heterocycles. The summed E-state index contributed by atoms with van der Waals surface area (Å²) in [4.78, 5) is 0. The summed E-state index contributed by atoms with van der Waals surface area (Å²) >= 11 is 0. The Kier molecular flexibility index (Phi) is 4.24. The molecule has 0 radical (unpaired) electrons. The van der Waals surface area contributed by atoms with Crippen molar-refractivity contribution in [2.24, 2.45) is 11.7 Å². The number of anilines is 1. The van der Waals surface area contributed by atoms with Crippen LogP contribution in [0.25, 0.3) is 0 Å². The Morgan fingerprint density at radius 3 is 2.53 bits per heavy atom. The molecule has 0 bridgehead atoms. The average molecular weight is 274 g/mol. The number of hydrogen-bond donors (Lipinski definition) is 2. The van der Waals surface area contributed by atoms with Crippen LogP contribution in [0, 0.1) is 5.92 Å². The zero-order valence-electron chi connectivity index (χ0n) is 10.5. The number of alkyl halides is 3. The maximum Gasteiger partial charge on any atom is 0.435 e.